The van der Waals surface area contributed by atoms with E-state index in [-0.39, 0.29) is 30.4 Å². The van der Waals surface area contributed by atoms with Crippen molar-refractivity contribution in [2.24, 2.45) is 5.92 Å². The third-order valence-electron chi connectivity index (χ3n) is 2.72. The minimum Gasteiger partial charge on any atom is -0.481 e. The van der Waals surface area contributed by atoms with E-state index in [0.29, 0.717) is 13.1 Å². The molecule has 0 radical (unpaired) electrons. The molecular weight excluding hydrogens is 250 g/mol. The molecule has 3 N–H and O–H groups in total. The molecule has 19 heavy (non-hydrogen) atoms. The summed E-state index contributed by atoms with van der Waals surface area (Å²) in [5, 5.41) is 14.2. The van der Waals surface area contributed by atoms with Crippen molar-refractivity contribution in [3.8, 4) is 0 Å². The van der Waals surface area contributed by atoms with Crippen molar-refractivity contribution >= 4 is 17.9 Å². The summed E-state index contributed by atoms with van der Waals surface area (Å²) in [5.41, 5.74) is -0.318. The molecule has 0 aromatic heterocycles. The normalized spacial score (nSPS) is 19.4. The number of amides is 3. The van der Waals surface area contributed by atoms with Crippen molar-refractivity contribution in [2.45, 2.75) is 32.7 Å². The number of carboxylic acids is 1. The highest BCUT2D eigenvalue weighted by Gasteiger charge is 2.33. The Hall–Kier alpha value is -1.79. The summed E-state index contributed by atoms with van der Waals surface area (Å²) in [7, 11) is 0. The number of carboxylic acid groups (broad SMARTS) is 1. The van der Waals surface area contributed by atoms with Crippen LogP contribution in [0.4, 0.5) is 4.79 Å². The fraction of sp³-hybridized carbons (Fsp3) is 0.750. The minimum atomic E-state index is -0.950. The molecule has 1 heterocycles. The van der Waals surface area contributed by atoms with Gasteiger partial charge in [-0.15, -0.1) is 0 Å². The highest BCUT2D eigenvalue weighted by Crippen LogP contribution is 2.17. The maximum atomic E-state index is 11.5. The van der Waals surface area contributed by atoms with Crippen molar-refractivity contribution in [2.75, 3.05) is 19.6 Å². The molecule has 7 heteroatoms. The van der Waals surface area contributed by atoms with E-state index in [0.717, 1.165) is 0 Å². The lowest BCUT2D eigenvalue weighted by molar-refractivity contribution is -0.141. The van der Waals surface area contributed by atoms with Gasteiger partial charge in [0.2, 0.25) is 5.91 Å². The van der Waals surface area contributed by atoms with E-state index in [2.05, 4.69) is 10.6 Å². The van der Waals surface area contributed by atoms with E-state index >= 15 is 0 Å². The molecule has 1 rings (SSSR count). The molecule has 1 unspecified atom stereocenters. The van der Waals surface area contributed by atoms with Gasteiger partial charge in [-0.1, -0.05) is 0 Å². The highest BCUT2D eigenvalue weighted by molar-refractivity contribution is 5.86. The molecule has 0 spiro atoms. The quantitative estimate of drug-likeness (QED) is 0.671. The molecule has 0 bridgehead atoms. The van der Waals surface area contributed by atoms with Gasteiger partial charge in [0.05, 0.1) is 5.92 Å². The second-order valence-corrected chi connectivity index (χ2v) is 5.71. The Bertz CT molecular complexity index is 376. The summed E-state index contributed by atoms with van der Waals surface area (Å²) in [6.45, 7) is 6.47. The van der Waals surface area contributed by atoms with Crippen molar-refractivity contribution < 1.29 is 19.5 Å². The Morgan fingerprint density at radius 3 is 2.53 bits per heavy atom. The monoisotopic (exact) mass is 271 g/mol. The number of carbonyl (C=O) groups excluding carboxylic acids is 2. The number of likely N-dealkylation sites (tertiary alicyclic amines) is 1. The molecule has 0 aliphatic carbocycles. The fourth-order valence-corrected chi connectivity index (χ4v) is 1.84. The largest absolute Gasteiger partial charge is 0.481 e. The van der Waals surface area contributed by atoms with Gasteiger partial charge < -0.3 is 20.6 Å². The van der Waals surface area contributed by atoms with Gasteiger partial charge in [-0.2, -0.15) is 0 Å². The van der Waals surface area contributed by atoms with E-state index < -0.39 is 11.9 Å². The first-order valence-corrected chi connectivity index (χ1v) is 6.25. The van der Waals surface area contributed by atoms with E-state index in [1.165, 1.54) is 4.90 Å². The standard InChI is InChI=1S/C12H21N3O4/c1-12(2,3)14-11(19)13-4-5-15-7-8(10(17)18)6-9(15)16/h8H,4-7H2,1-3H3,(H,17,18)(H2,13,14,19). The lowest BCUT2D eigenvalue weighted by atomic mass is 10.1. The lowest BCUT2D eigenvalue weighted by Gasteiger charge is -2.22. The molecule has 1 aliphatic rings. The van der Waals surface area contributed by atoms with Gasteiger partial charge in [-0.3, -0.25) is 9.59 Å². The summed E-state index contributed by atoms with van der Waals surface area (Å²) in [6, 6.07) is -0.297. The fourth-order valence-electron chi connectivity index (χ4n) is 1.84. The Balaban J connectivity index is 2.29. The van der Waals surface area contributed by atoms with Gasteiger partial charge in [0, 0.05) is 31.6 Å². The summed E-state index contributed by atoms with van der Waals surface area (Å²) in [6.07, 6.45) is 0.0452. The van der Waals surface area contributed by atoms with Crippen LogP contribution in [0.3, 0.4) is 0 Å². The number of nitrogens with zero attached hydrogens (tertiary/aromatic N) is 1. The van der Waals surface area contributed by atoms with Crippen molar-refractivity contribution in [1.29, 1.82) is 0 Å². The van der Waals surface area contributed by atoms with Gasteiger partial charge in [0.25, 0.3) is 0 Å². The maximum Gasteiger partial charge on any atom is 0.315 e. The van der Waals surface area contributed by atoms with Crippen LogP contribution < -0.4 is 10.6 Å². The molecule has 0 aromatic rings. The molecule has 0 aromatic carbocycles. The maximum absolute atomic E-state index is 11.5. The van der Waals surface area contributed by atoms with Crippen LogP contribution in [0, 0.1) is 5.92 Å². The van der Waals surface area contributed by atoms with Gasteiger partial charge >= 0.3 is 12.0 Å². The summed E-state index contributed by atoms with van der Waals surface area (Å²) in [5.74, 6) is -1.75. The van der Waals surface area contributed by atoms with Crippen LogP contribution in [0.2, 0.25) is 0 Å². The molecule has 1 fully saturated rings. The second kappa shape index (κ2) is 5.90. The average Bonchev–Trinajstić information content (AvgIpc) is 2.58. The number of aliphatic carboxylic acids is 1. The van der Waals surface area contributed by atoms with Crippen LogP contribution in [0.25, 0.3) is 0 Å². The predicted octanol–water partition coefficient (Wildman–Crippen LogP) is 0.0172. The zero-order chi connectivity index (χ0) is 14.6. The third-order valence-corrected chi connectivity index (χ3v) is 2.72. The average molecular weight is 271 g/mol. The smallest absolute Gasteiger partial charge is 0.315 e. The molecule has 0 saturated carbocycles. The molecular formula is C12H21N3O4. The van der Waals surface area contributed by atoms with Crippen molar-refractivity contribution in [1.82, 2.24) is 15.5 Å². The number of urea groups is 1. The first-order chi connectivity index (χ1) is 8.69. The molecule has 7 nitrogen and oxygen atoms in total. The number of nitrogens with one attached hydrogen (secondary N) is 2. The topological polar surface area (TPSA) is 98.7 Å². The Morgan fingerprint density at radius 2 is 2.05 bits per heavy atom. The first-order valence-electron chi connectivity index (χ1n) is 6.25. The summed E-state index contributed by atoms with van der Waals surface area (Å²) < 4.78 is 0. The van der Waals surface area contributed by atoms with Crippen LogP contribution in [-0.4, -0.2) is 53.1 Å². The predicted molar refractivity (Wildman–Crippen MR) is 68.6 cm³/mol. The Kier molecular flexibility index (Phi) is 4.74. The summed E-state index contributed by atoms with van der Waals surface area (Å²) >= 11 is 0. The van der Waals surface area contributed by atoms with Crippen LogP contribution in [-0.2, 0) is 9.59 Å². The zero-order valence-electron chi connectivity index (χ0n) is 11.5. The van der Waals surface area contributed by atoms with E-state index in [9.17, 15) is 14.4 Å². The summed E-state index contributed by atoms with van der Waals surface area (Å²) in [4.78, 5) is 35.2. The van der Waals surface area contributed by atoms with Crippen LogP contribution in [0.15, 0.2) is 0 Å². The van der Waals surface area contributed by atoms with Crippen LogP contribution in [0.1, 0.15) is 27.2 Å². The van der Waals surface area contributed by atoms with Crippen LogP contribution >= 0.6 is 0 Å². The molecule has 1 atom stereocenters. The number of hydrogen-bond donors (Lipinski definition) is 3. The minimum absolute atomic E-state index is 0.0452. The van der Waals surface area contributed by atoms with E-state index in [1.807, 2.05) is 20.8 Å². The van der Waals surface area contributed by atoms with Gasteiger partial charge in [0.15, 0.2) is 0 Å². The van der Waals surface area contributed by atoms with Crippen LogP contribution in [0.5, 0.6) is 0 Å². The van der Waals surface area contributed by atoms with Gasteiger partial charge in [-0.05, 0) is 20.8 Å². The molecule has 1 saturated heterocycles. The van der Waals surface area contributed by atoms with E-state index in [4.69, 9.17) is 5.11 Å². The Labute approximate surface area is 112 Å². The number of rotatable bonds is 4. The molecule has 1 aliphatic heterocycles. The third kappa shape index (κ3) is 5.15. The molecule has 108 valence electrons. The second-order valence-electron chi connectivity index (χ2n) is 5.71. The van der Waals surface area contributed by atoms with Gasteiger partial charge in [-0.25, -0.2) is 4.79 Å². The highest BCUT2D eigenvalue weighted by atomic mass is 16.4. The first kappa shape index (κ1) is 15.3. The number of hydrogen-bond acceptors (Lipinski definition) is 3. The lowest BCUT2D eigenvalue weighted by Crippen LogP contribution is -2.48. The number of carbonyl (C=O) groups is 3. The van der Waals surface area contributed by atoms with Gasteiger partial charge in [0.1, 0.15) is 0 Å². The SMILES string of the molecule is CC(C)(C)NC(=O)NCCN1CC(C(=O)O)CC1=O. The van der Waals surface area contributed by atoms with Crippen molar-refractivity contribution in [3.05, 3.63) is 0 Å². The Morgan fingerprint density at radius 1 is 1.42 bits per heavy atom. The zero-order valence-corrected chi connectivity index (χ0v) is 11.5. The van der Waals surface area contributed by atoms with Crippen molar-refractivity contribution in [3.63, 3.8) is 0 Å². The van der Waals surface area contributed by atoms with E-state index in [1.54, 1.807) is 0 Å². The molecule has 3 amide bonds.